The van der Waals surface area contributed by atoms with Gasteiger partial charge in [-0.05, 0) is 52.3 Å². The number of halogens is 1. The van der Waals surface area contributed by atoms with Crippen LogP contribution in [-0.4, -0.2) is 14.7 Å². The standard InChI is InChI=1S/C14H10BrNO3S/c1-20(17,18)11-7-5-10(6-8-11)19-14-4-2-3-13(15)12(14)9-16/h2-8H,1H3. The number of nitriles is 1. The van der Waals surface area contributed by atoms with Gasteiger partial charge in [0.15, 0.2) is 9.84 Å². The molecule has 0 aliphatic carbocycles. The number of hydrogen-bond donors (Lipinski definition) is 0. The van der Waals surface area contributed by atoms with Gasteiger partial charge in [0.1, 0.15) is 23.1 Å². The molecule has 0 saturated carbocycles. The van der Waals surface area contributed by atoms with Crippen LogP contribution in [0.4, 0.5) is 0 Å². The molecule has 0 heterocycles. The summed E-state index contributed by atoms with van der Waals surface area (Å²) in [5.74, 6) is 0.876. The minimum Gasteiger partial charge on any atom is -0.456 e. The smallest absolute Gasteiger partial charge is 0.175 e. The molecule has 20 heavy (non-hydrogen) atoms. The van der Waals surface area contributed by atoms with Gasteiger partial charge >= 0.3 is 0 Å². The van der Waals surface area contributed by atoms with E-state index in [0.717, 1.165) is 6.26 Å². The molecule has 6 heteroatoms. The van der Waals surface area contributed by atoms with Crippen LogP contribution in [-0.2, 0) is 9.84 Å². The third kappa shape index (κ3) is 3.18. The van der Waals surface area contributed by atoms with E-state index in [1.807, 2.05) is 0 Å². The highest BCUT2D eigenvalue weighted by Gasteiger charge is 2.10. The van der Waals surface area contributed by atoms with Gasteiger partial charge in [-0.2, -0.15) is 5.26 Å². The van der Waals surface area contributed by atoms with Gasteiger partial charge in [-0.3, -0.25) is 0 Å². The van der Waals surface area contributed by atoms with Crippen LogP contribution in [0, 0.1) is 11.3 Å². The Labute approximate surface area is 125 Å². The molecule has 0 fully saturated rings. The SMILES string of the molecule is CS(=O)(=O)c1ccc(Oc2cccc(Br)c2C#N)cc1. The van der Waals surface area contributed by atoms with Crippen LogP contribution in [0.25, 0.3) is 0 Å². The van der Waals surface area contributed by atoms with Gasteiger partial charge in [0, 0.05) is 10.7 Å². The molecule has 0 bridgehead atoms. The second-order valence-corrected chi connectivity index (χ2v) is 6.94. The molecule has 2 aromatic carbocycles. The van der Waals surface area contributed by atoms with Crippen LogP contribution in [0.15, 0.2) is 51.8 Å². The molecule has 0 aromatic heterocycles. The molecule has 0 spiro atoms. The molecule has 0 atom stereocenters. The van der Waals surface area contributed by atoms with Crippen molar-refractivity contribution >= 4 is 25.8 Å². The first-order chi connectivity index (χ1) is 9.41. The van der Waals surface area contributed by atoms with E-state index in [-0.39, 0.29) is 4.90 Å². The summed E-state index contributed by atoms with van der Waals surface area (Å²) in [6.45, 7) is 0. The van der Waals surface area contributed by atoms with E-state index in [2.05, 4.69) is 22.0 Å². The Balaban J connectivity index is 2.32. The molecule has 2 aromatic rings. The Hall–Kier alpha value is -1.84. The molecule has 0 unspecified atom stereocenters. The molecule has 4 nitrogen and oxygen atoms in total. The Morgan fingerprint density at radius 1 is 1.15 bits per heavy atom. The minimum absolute atomic E-state index is 0.222. The van der Waals surface area contributed by atoms with E-state index in [0.29, 0.717) is 21.5 Å². The van der Waals surface area contributed by atoms with E-state index in [1.165, 1.54) is 12.1 Å². The summed E-state index contributed by atoms with van der Waals surface area (Å²) in [6, 6.07) is 13.3. The summed E-state index contributed by atoms with van der Waals surface area (Å²) in [5.41, 5.74) is 0.389. The molecule has 0 aliphatic rings. The maximum Gasteiger partial charge on any atom is 0.175 e. The minimum atomic E-state index is -3.23. The highest BCUT2D eigenvalue weighted by Crippen LogP contribution is 2.30. The third-order valence-electron chi connectivity index (χ3n) is 2.57. The Morgan fingerprint density at radius 2 is 1.80 bits per heavy atom. The second kappa shape index (κ2) is 5.65. The zero-order valence-corrected chi connectivity index (χ0v) is 12.9. The lowest BCUT2D eigenvalue weighted by Crippen LogP contribution is -1.96. The Bertz CT molecular complexity index is 777. The summed E-state index contributed by atoms with van der Waals surface area (Å²) < 4.78 is 29.0. The third-order valence-corrected chi connectivity index (χ3v) is 4.36. The second-order valence-electron chi connectivity index (χ2n) is 4.07. The van der Waals surface area contributed by atoms with Crippen molar-refractivity contribution in [2.75, 3.05) is 6.26 Å². The predicted molar refractivity (Wildman–Crippen MR) is 78.5 cm³/mol. The monoisotopic (exact) mass is 351 g/mol. The molecule has 0 radical (unpaired) electrons. The van der Waals surface area contributed by atoms with Crippen LogP contribution in [0.5, 0.6) is 11.5 Å². The zero-order chi connectivity index (χ0) is 14.8. The number of benzene rings is 2. The van der Waals surface area contributed by atoms with E-state index in [9.17, 15) is 8.42 Å². The molecular weight excluding hydrogens is 342 g/mol. The maximum absolute atomic E-state index is 11.4. The summed E-state index contributed by atoms with van der Waals surface area (Å²) in [6.07, 6.45) is 1.14. The van der Waals surface area contributed by atoms with Gasteiger partial charge in [-0.1, -0.05) is 6.07 Å². The predicted octanol–water partition coefficient (Wildman–Crippen LogP) is 3.52. The van der Waals surface area contributed by atoms with Gasteiger partial charge in [0.2, 0.25) is 0 Å². The van der Waals surface area contributed by atoms with Gasteiger partial charge in [-0.25, -0.2) is 8.42 Å². The lowest BCUT2D eigenvalue weighted by Gasteiger charge is -2.08. The van der Waals surface area contributed by atoms with Crippen LogP contribution < -0.4 is 4.74 Å². The topological polar surface area (TPSA) is 67.2 Å². The fourth-order valence-corrected chi connectivity index (χ4v) is 2.65. The van der Waals surface area contributed by atoms with Gasteiger partial charge < -0.3 is 4.74 Å². The van der Waals surface area contributed by atoms with Crippen LogP contribution in [0.3, 0.4) is 0 Å². The van der Waals surface area contributed by atoms with Crippen molar-refractivity contribution in [2.45, 2.75) is 4.90 Å². The highest BCUT2D eigenvalue weighted by atomic mass is 79.9. The van der Waals surface area contributed by atoms with Crippen molar-refractivity contribution in [1.29, 1.82) is 5.26 Å². The number of nitrogens with zero attached hydrogens (tertiary/aromatic N) is 1. The number of sulfone groups is 1. The van der Waals surface area contributed by atoms with Crippen molar-refractivity contribution in [3.05, 3.63) is 52.5 Å². The first-order valence-corrected chi connectivity index (χ1v) is 8.27. The number of ether oxygens (including phenoxy) is 1. The molecule has 0 N–H and O–H groups in total. The number of rotatable bonds is 3. The highest BCUT2D eigenvalue weighted by molar-refractivity contribution is 9.10. The molecule has 0 amide bonds. The van der Waals surface area contributed by atoms with Crippen LogP contribution in [0.2, 0.25) is 0 Å². The van der Waals surface area contributed by atoms with Crippen molar-refractivity contribution in [3.63, 3.8) is 0 Å². The van der Waals surface area contributed by atoms with Gasteiger partial charge in [0.25, 0.3) is 0 Å². The first-order valence-electron chi connectivity index (χ1n) is 5.58. The van der Waals surface area contributed by atoms with Crippen molar-refractivity contribution < 1.29 is 13.2 Å². The Morgan fingerprint density at radius 3 is 2.35 bits per heavy atom. The average molecular weight is 352 g/mol. The van der Waals surface area contributed by atoms with E-state index in [4.69, 9.17) is 10.00 Å². The lowest BCUT2D eigenvalue weighted by molar-refractivity contribution is 0.480. The molecule has 0 saturated heterocycles. The van der Waals surface area contributed by atoms with Crippen molar-refractivity contribution in [3.8, 4) is 17.6 Å². The van der Waals surface area contributed by atoms with Crippen molar-refractivity contribution in [2.24, 2.45) is 0 Å². The average Bonchev–Trinajstić information content (AvgIpc) is 2.38. The normalized spacial score (nSPS) is 10.8. The molecule has 2 rings (SSSR count). The van der Waals surface area contributed by atoms with E-state index < -0.39 is 9.84 Å². The number of hydrogen-bond acceptors (Lipinski definition) is 4. The largest absolute Gasteiger partial charge is 0.456 e. The summed E-state index contributed by atoms with van der Waals surface area (Å²) in [7, 11) is -3.23. The summed E-state index contributed by atoms with van der Waals surface area (Å²) >= 11 is 3.28. The zero-order valence-electron chi connectivity index (χ0n) is 10.5. The van der Waals surface area contributed by atoms with Crippen LogP contribution >= 0.6 is 15.9 Å². The summed E-state index contributed by atoms with van der Waals surface area (Å²) in [4.78, 5) is 0.222. The quantitative estimate of drug-likeness (QED) is 0.848. The van der Waals surface area contributed by atoms with E-state index >= 15 is 0 Å². The van der Waals surface area contributed by atoms with Gasteiger partial charge in [-0.15, -0.1) is 0 Å². The fraction of sp³-hybridized carbons (Fsp3) is 0.0714. The van der Waals surface area contributed by atoms with Gasteiger partial charge in [0.05, 0.1) is 4.90 Å². The molecule has 0 aliphatic heterocycles. The maximum atomic E-state index is 11.4. The lowest BCUT2D eigenvalue weighted by atomic mass is 10.2. The Kier molecular flexibility index (Phi) is 4.12. The molecule has 102 valence electrons. The summed E-state index contributed by atoms with van der Waals surface area (Å²) in [5, 5.41) is 9.09. The molecular formula is C14H10BrNO3S. The van der Waals surface area contributed by atoms with Crippen LogP contribution in [0.1, 0.15) is 5.56 Å². The van der Waals surface area contributed by atoms with Crippen molar-refractivity contribution in [1.82, 2.24) is 0 Å². The van der Waals surface area contributed by atoms with E-state index in [1.54, 1.807) is 30.3 Å². The fourth-order valence-electron chi connectivity index (χ4n) is 1.58. The first kappa shape index (κ1) is 14.6.